The van der Waals surface area contributed by atoms with Crippen LogP contribution in [0.25, 0.3) is 0 Å². The summed E-state index contributed by atoms with van der Waals surface area (Å²) in [7, 11) is 0. The third kappa shape index (κ3) is 3.38. The monoisotopic (exact) mass is 363 g/mol. The van der Waals surface area contributed by atoms with Crippen molar-refractivity contribution in [3.8, 4) is 5.88 Å². The average Bonchev–Trinajstić information content (AvgIpc) is 2.61. The molecule has 3 unspecified atom stereocenters. The number of benzene rings is 1. The minimum Gasteiger partial charge on any atom is -0.595 e. The first-order chi connectivity index (χ1) is 12.4. The zero-order valence-corrected chi connectivity index (χ0v) is 13.8. The summed E-state index contributed by atoms with van der Waals surface area (Å²) in [6, 6.07) is 5.83. The number of rotatable bonds is 4. The molecule has 0 fully saturated rings. The van der Waals surface area contributed by atoms with Crippen LogP contribution in [0.1, 0.15) is 24.2 Å². The molecule has 3 rings (SSSR count). The highest BCUT2D eigenvalue weighted by molar-refractivity contribution is 5.74. The average molecular weight is 363 g/mol. The summed E-state index contributed by atoms with van der Waals surface area (Å²) >= 11 is 0. The Bertz CT molecular complexity index is 917. The smallest absolute Gasteiger partial charge is 0.328 e. The standard InChI is InChI=1S/C16H17N3O7/c1-2-25-15(21)10-7-11-13(20)17-16(22)18-14(11)26-12(10)8-3-5-9(6-4-8)19(23)24/h3-6,10,12,19,23H,2,7H2,1H3,(H2,17,18,20,22). The maximum atomic E-state index is 12.4. The summed E-state index contributed by atoms with van der Waals surface area (Å²) in [6.45, 7) is 1.82. The minimum absolute atomic E-state index is 0.00777. The predicted molar refractivity (Wildman–Crippen MR) is 87.1 cm³/mol. The number of fused-ring (bicyclic) bond motifs is 1. The summed E-state index contributed by atoms with van der Waals surface area (Å²) < 4.78 is 10.8. The second-order valence-corrected chi connectivity index (χ2v) is 5.74. The Labute approximate surface area is 146 Å². The lowest BCUT2D eigenvalue weighted by molar-refractivity contribution is -0.991. The molecule has 10 nitrogen and oxygen atoms in total. The molecule has 138 valence electrons. The van der Waals surface area contributed by atoms with E-state index >= 15 is 0 Å². The van der Waals surface area contributed by atoms with Gasteiger partial charge in [0.2, 0.25) is 5.88 Å². The van der Waals surface area contributed by atoms with Crippen LogP contribution in [-0.2, 0) is 16.0 Å². The van der Waals surface area contributed by atoms with E-state index in [9.17, 15) is 19.6 Å². The van der Waals surface area contributed by atoms with Crippen LogP contribution < -0.4 is 21.2 Å². The van der Waals surface area contributed by atoms with Crippen molar-refractivity contribution < 1.29 is 24.7 Å². The van der Waals surface area contributed by atoms with Crippen molar-refractivity contribution in [2.24, 2.45) is 5.92 Å². The molecular formula is C16H17N3O7. The normalized spacial score (nSPS) is 20.0. The van der Waals surface area contributed by atoms with Crippen LogP contribution in [0.5, 0.6) is 5.88 Å². The molecule has 1 aromatic carbocycles. The fraction of sp³-hybridized carbons (Fsp3) is 0.312. The largest absolute Gasteiger partial charge is 0.595 e. The lowest BCUT2D eigenvalue weighted by Crippen LogP contribution is -2.99. The van der Waals surface area contributed by atoms with Crippen molar-refractivity contribution in [1.82, 2.24) is 9.97 Å². The van der Waals surface area contributed by atoms with Crippen LogP contribution in [0.3, 0.4) is 0 Å². The Morgan fingerprint density at radius 1 is 1.35 bits per heavy atom. The summed E-state index contributed by atoms with van der Waals surface area (Å²) in [5.41, 5.74) is -0.579. The third-order valence-electron chi connectivity index (χ3n) is 4.11. The van der Waals surface area contributed by atoms with Crippen LogP contribution in [0, 0.1) is 11.1 Å². The summed E-state index contributed by atoms with van der Waals surface area (Å²) in [5.74, 6) is -1.37. The molecule has 1 aliphatic heterocycles. The van der Waals surface area contributed by atoms with E-state index in [0.29, 0.717) is 5.56 Å². The number of ether oxygens (including phenoxy) is 2. The Balaban J connectivity index is 2.03. The molecular weight excluding hydrogens is 346 g/mol. The molecule has 26 heavy (non-hydrogen) atoms. The van der Waals surface area contributed by atoms with Crippen molar-refractivity contribution in [2.45, 2.75) is 19.4 Å². The van der Waals surface area contributed by atoms with Gasteiger partial charge in [-0.15, -0.1) is 0 Å². The van der Waals surface area contributed by atoms with Gasteiger partial charge in [-0.25, -0.2) is 10.0 Å². The van der Waals surface area contributed by atoms with E-state index in [4.69, 9.17) is 14.7 Å². The molecule has 3 atom stereocenters. The van der Waals surface area contributed by atoms with E-state index in [1.807, 2.05) is 0 Å². The van der Waals surface area contributed by atoms with Gasteiger partial charge in [0.1, 0.15) is 12.0 Å². The van der Waals surface area contributed by atoms with Gasteiger partial charge in [-0.1, -0.05) is 0 Å². The minimum atomic E-state index is -1.08. The molecule has 1 aliphatic rings. The summed E-state index contributed by atoms with van der Waals surface area (Å²) in [6.07, 6.45) is -0.812. The number of hydrogen-bond donors (Lipinski definition) is 4. The Morgan fingerprint density at radius 2 is 2.04 bits per heavy atom. The number of H-pyrrole nitrogens is 2. The molecule has 2 heterocycles. The van der Waals surface area contributed by atoms with Crippen LogP contribution >= 0.6 is 0 Å². The van der Waals surface area contributed by atoms with Gasteiger partial charge >= 0.3 is 11.7 Å². The van der Waals surface area contributed by atoms with Crippen molar-refractivity contribution in [3.63, 3.8) is 0 Å². The summed E-state index contributed by atoms with van der Waals surface area (Å²) in [4.78, 5) is 40.4. The lowest BCUT2D eigenvalue weighted by Gasteiger charge is -2.31. The number of carbonyl (C=O) groups excluding carboxylic acids is 1. The number of aromatic amines is 2. The molecule has 0 aliphatic carbocycles. The van der Waals surface area contributed by atoms with Gasteiger partial charge in [-0.2, -0.15) is 5.23 Å². The first-order valence-electron chi connectivity index (χ1n) is 7.92. The number of esters is 1. The molecule has 4 N–H and O–H groups in total. The molecule has 0 saturated heterocycles. The van der Waals surface area contributed by atoms with Crippen LogP contribution in [0.4, 0.5) is 5.69 Å². The van der Waals surface area contributed by atoms with Crippen LogP contribution in [0.2, 0.25) is 0 Å². The van der Waals surface area contributed by atoms with E-state index in [0.717, 1.165) is 0 Å². The first-order valence-corrected chi connectivity index (χ1v) is 7.92. The van der Waals surface area contributed by atoms with E-state index in [-0.39, 0.29) is 30.2 Å². The quantitative estimate of drug-likeness (QED) is 0.415. The Morgan fingerprint density at radius 3 is 2.65 bits per heavy atom. The molecule has 0 bridgehead atoms. The predicted octanol–water partition coefficient (Wildman–Crippen LogP) is -0.678. The van der Waals surface area contributed by atoms with Gasteiger partial charge in [-0.3, -0.25) is 19.6 Å². The van der Waals surface area contributed by atoms with E-state index in [1.165, 1.54) is 24.3 Å². The number of quaternary nitrogens is 1. The van der Waals surface area contributed by atoms with Crippen LogP contribution in [0.15, 0.2) is 33.9 Å². The van der Waals surface area contributed by atoms with Gasteiger partial charge in [0.15, 0.2) is 5.69 Å². The van der Waals surface area contributed by atoms with Gasteiger partial charge < -0.3 is 14.7 Å². The van der Waals surface area contributed by atoms with E-state index in [1.54, 1.807) is 6.92 Å². The Kier molecular flexibility index (Phi) is 4.89. The fourth-order valence-electron chi connectivity index (χ4n) is 2.89. The zero-order chi connectivity index (χ0) is 18.8. The van der Waals surface area contributed by atoms with Crippen molar-refractivity contribution >= 4 is 11.7 Å². The SMILES string of the molecule is CCOC(=O)C1Cc2c([nH]c(=O)[nH]c2=O)OC1c1ccc([NH+]([O-])O)cc1. The third-order valence-corrected chi connectivity index (χ3v) is 4.11. The van der Waals surface area contributed by atoms with Crippen molar-refractivity contribution in [2.75, 3.05) is 6.61 Å². The van der Waals surface area contributed by atoms with Gasteiger partial charge in [0, 0.05) is 18.6 Å². The first kappa shape index (κ1) is 17.9. The number of nitrogens with one attached hydrogen (secondary N) is 3. The van der Waals surface area contributed by atoms with E-state index < -0.39 is 34.5 Å². The topological polar surface area (TPSA) is 149 Å². The van der Waals surface area contributed by atoms with Crippen LogP contribution in [-0.4, -0.2) is 27.8 Å². The maximum absolute atomic E-state index is 12.4. The van der Waals surface area contributed by atoms with E-state index in [2.05, 4.69) is 9.97 Å². The van der Waals surface area contributed by atoms with Gasteiger partial charge in [0.25, 0.3) is 5.56 Å². The Hall–Kier alpha value is -2.95. The van der Waals surface area contributed by atoms with Crippen molar-refractivity contribution in [3.05, 3.63) is 61.4 Å². The molecule has 0 saturated carbocycles. The maximum Gasteiger partial charge on any atom is 0.328 e. The molecule has 0 spiro atoms. The molecule has 0 amide bonds. The fourth-order valence-corrected chi connectivity index (χ4v) is 2.89. The molecule has 2 aromatic rings. The highest BCUT2D eigenvalue weighted by Crippen LogP contribution is 2.36. The highest BCUT2D eigenvalue weighted by Gasteiger charge is 2.39. The summed E-state index contributed by atoms with van der Waals surface area (Å²) in [5, 5.41) is 18.9. The molecule has 0 radical (unpaired) electrons. The number of aromatic nitrogens is 2. The highest BCUT2D eigenvalue weighted by atomic mass is 16.8. The van der Waals surface area contributed by atoms with Crippen molar-refractivity contribution in [1.29, 1.82) is 0 Å². The van der Waals surface area contributed by atoms with Gasteiger partial charge in [-0.05, 0) is 24.6 Å². The second kappa shape index (κ2) is 7.12. The number of hydrogen-bond acceptors (Lipinski definition) is 7. The second-order valence-electron chi connectivity index (χ2n) is 5.74. The molecule has 1 aromatic heterocycles. The molecule has 10 heteroatoms. The number of carbonyl (C=O) groups is 1. The van der Waals surface area contributed by atoms with Gasteiger partial charge in [0.05, 0.1) is 12.2 Å². The zero-order valence-electron chi connectivity index (χ0n) is 13.8. The lowest BCUT2D eigenvalue weighted by atomic mass is 9.88.